The number of quaternary nitrogens is 1. The molecule has 0 saturated carbocycles. The molecule has 0 bridgehead atoms. The van der Waals surface area contributed by atoms with Crippen LogP contribution in [0.3, 0.4) is 0 Å². The van der Waals surface area contributed by atoms with Crippen molar-refractivity contribution in [1.82, 2.24) is 5.32 Å². The van der Waals surface area contributed by atoms with Crippen LogP contribution in [0.5, 0.6) is 0 Å². The molecule has 1 aliphatic rings. The number of benzene rings is 2. The first-order chi connectivity index (χ1) is 13.2. The Kier molecular flexibility index (Phi) is 7.10. The van der Waals surface area contributed by atoms with Crippen molar-refractivity contribution in [3.63, 3.8) is 0 Å². The summed E-state index contributed by atoms with van der Waals surface area (Å²) in [6.07, 6.45) is 3.22. The zero-order chi connectivity index (χ0) is 18.9. The zero-order valence-corrected chi connectivity index (χ0v) is 15.9. The lowest BCUT2D eigenvalue weighted by atomic mass is 10.2. The highest BCUT2D eigenvalue weighted by Gasteiger charge is 2.14. The van der Waals surface area contributed by atoms with Crippen LogP contribution >= 0.6 is 12.2 Å². The van der Waals surface area contributed by atoms with Crippen LogP contribution in [-0.2, 0) is 16.1 Å². The summed E-state index contributed by atoms with van der Waals surface area (Å²) in [5.41, 5.74) is 3.09. The fourth-order valence-electron chi connectivity index (χ4n) is 2.88. The largest absolute Gasteiger partial charge is 0.370 e. The molecule has 3 N–H and O–H groups in total. The third-order valence-electron chi connectivity index (χ3n) is 4.33. The van der Waals surface area contributed by atoms with Gasteiger partial charge in [0.25, 0.3) is 0 Å². The number of anilines is 1. The maximum Gasteiger partial charge on any atom is 0.250 e. The van der Waals surface area contributed by atoms with Crippen molar-refractivity contribution in [3.05, 3.63) is 71.8 Å². The molecule has 1 heterocycles. The molecule has 0 aromatic heterocycles. The number of hydrogen-bond acceptors (Lipinski definition) is 3. The summed E-state index contributed by atoms with van der Waals surface area (Å²) < 4.78 is 5.39. The molecular weight excluding hydrogens is 358 g/mol. The normalized spacial score (nSPS) is 14.8. The van der Waals surface area contributed by atoms with Crippen molar-refractivity contribution in [1.29, 1.82) is 0 Å². The molecule has 0 spiro atoms. The van der Waals surface area contributed by atoms with Crippen LogP contribution < -0.4 is 15.5 Å². The summed E-state index contributed by atoms with van der Waals surface area (Å²) in [4.78, 5) is 13.5. The van der Waals surface area contributed by atoms with Gasteiger partial charge in [-0.25, -0.2) is 0 Å². The molecule has 1 fully saturated rings. The molecule has 1 amide bonds. The van der Waals surface area contributed by atoms with Crippen LogP contribution in [-0.4, -0.2) is 37.3 Å². The highest BCUT2D eigenvalue weighted by atomic mass is 32.1. The van der Waals surface area contributed by atoms with Gasteiger partial charge in [0, 0.05) is 17.3 Å². The van der Waals surface area contributed by atoms with Gasteiger partial charge in [-0.15, -0.1) is 0 Å². The molecule has 6 heteroatoms. The van der Waals surface area contributed by atoms with Crippen LogP contribution in [0.4, 0.5) is 5.69 Å². The van der Waals surface area contributed by atoms with E-state index in [0.29, 0.717) is 0 Å². The molecule has 0 unspecified atom stereocenters. The van der Waals surface area contributed by atoms with Gasteiger partial charge in [0.05, 0.1) is 13.2 Å². The number of morpholine rings is 1. The fourth-order valence-corrected chi connectivity index (χ4v) is 3.10. The molecule has 1 saturated heterocycles. The van der Waals surface area contributed by atoms with E-state index in [-0.39, 0.29) is 11.0 Å². The van der Waals surface area contributed by atoms with Gasteiger partial charge in [-0.2, -0.15) is 0 Å². The van der Waals surface area contributed by atoms with Gasteiger partial charge < -0.3 is 15.0 Å². The number of hydrogen-bond donors (Lipinski definition) is 3. The second-order valence-corrected chi connectivity index (χ2v) is 6.83. The Bertz CT molecular complexity index is 785. The number of rotatable bonds is 5. The predicted molar refractivity (Wildman–Crippen MR) is 112 cm³/mol. The molecule has 0 radical (unpaired) electrons. The molecular formula is C21H24N3O2S+. The minimum absolute atomic E-state index is 0.260. The Morgan fingerprint density at radius 3 is 2.48 bits per heavy atom. The number of carbonyl (C=O) groups is 1. The molecule has 2 aromatic carbocycles. The smallest absolute Gasteiger partial charge is 0.250 e. The van der Waals surface area contributed by atoms with Crippen molar-refractivity contribution in [3.8, 4) is 0 Å². The Hall–Kier alpha value is -2.54. The maximum atomic E-state index is 12.0. The maximum absolute atomic E-state index is 12.0. The lowest BCUT2D eigenvalue weighted by molar-refractivity contribution is -0.921. The topological polar surface area (TPSA) is 54.8 Å². The Morgan fingerprint density at radius 1 is 1.07 bits per heavy atom. The van der Waals surface area contributed by atoms with Crippen LogP contribution in [0.1, 0.15) is 11.1 Å². The first-order valence-electron chi connectivity index (χ1n) is 9.04. The van der Waals surface area contributed by atoms with Gasteiger partial charge in [-0.1, -0.05) is 42.5 Å². The van der Waals surface area contributed by atoms with Gasteiger partial charge in [-0.05, 0) is 36.0 Å². The Morgan fingerprint density at radius 2 is 1.78 bits per heavy atom. The second-order valence-electron chi connectivity index (χ2n) is 6.42. The first kappa shape index (κ1) is 19.2. The summed E-state index contributed by atoms with van der Waals surface area (Å²) in [7, 11) is 0. The molecule has 5 nitrogen and oxygen atoms in total. The van der Waals surface area contributed by atoms with E-state index in [4.69, 9.17) is 17.0 Å². The molecule has 0 aliphatic carbocycles. The van der Waals surface area contributed by atoms with E-state index < -0.39 is 0 Å². The third-order valence-corrected chi connectivity index (χ3v) is 4.53. The molecule has 27 heavy (non-hydrogen) atoms. The fraction of sp³-hybridized carbons (Fsp3) is 0.238. The average molecular weight is 383 g/mol. The van der Waals surface area contributed by atoms with Crippen LogP contribution in [0, 0.1) is 0 Å². The minimum Gasteiger partial charge on any atom is -0.370 e. The van der Waals surface area contributed by atoms with Crippen molar-refractivity contribution in [2.45, 2.75) is 6.54 Å². The monoisotopic (exact) mass is 382 g/mol. The highest BCUT2D eigenvalue weighted by Crippen LogP contribution is 2.09. The Balaban J connectivity index is 1.45. The first-order valence-corrected chi connectivity index (χ1v) is 9.45. The lowest BCUT2D eigenvalue weighted by Crippen LogP contribution is -3.12. The van der Waals surface area contributed by atoms with E-state index in [1.54, 1.807) is 6.08 Å². The summed E-state index contributed by atoms with van der Waals surface area (Å²) in [6, 6.07) is 17.8. The quantitative estimate of drug-likeness (QED) is 0.544. The number of thiocarbonyl (C=S) groups is 1. The van der Waals surface area contributed by atoms with Gasteiger partial charge in [-0.3, -0.25) is 10.1 Å². The molecule has 3 rings (SSSR count). The molecule has 0 atom stereocenters. The Labute approximate surface area is 165 Å². The van der Waals surface area contributed by atoms with Crippen LogP contribution in [0.2, 0.25) is 0 Å². The SMILES string of the molecule is O=C(/C=C/c1ccccc1)NC(=S)Nc1ccc(C[NH+]2CCOCC2)cc1. The molecule has 140 valence electrons. The summed E-state index contributed by atoms with van der Waals surface area (Å²) in [6.45, 7) is 4.76. The van der Waals surface area contributed by atoms with E-state index in [2.05, 4.69) is 22.8 Å². The van der Waals surface area contributed by atoms with E-state index >= 15 is 0 Å². The van der Waals surface area contributed by atoms with Gasteiger partial charge >= 0.3 is 0 Å². The summed E-state index contributed by atoms with van der Waals surface area (Å²) in [5.74, 6) is -0.260. The van der Waals surface area contributed by atoms with E-state index in [0.717, 1.165) is 44.1 Å². The second kappa shape index (κ2) is 9.97. The minimum atomic E-state index is -0.260. The number of nitrogens with one attached hydrogen (secondary N) is 3. The molecule has 1 aliphatic heterocycles. The lowest BCUT2D eigenvalue weighted by Gasteiger charge is -2.23. The van der Waals surface area contributed by atoms with E-state index in [1.807, 2.05) is 42.5 Å². The number of amides is 1. The average Bonchev–Trinajstić information content (AvgIpc) is 2.69. The van der Waals surface area contributed by atoms with Gasteiger partial charge in [0.1, 0.15) is 19.6 Å². The van der Waals surface area contributed by atoms with Crippen LogP contribution in [0.15, 0.2) is 60.7 Å². The van der Waals surface area contributed by atoms with E-state index in [1.165, 1.54) is 16.5 Å². The van der Waals surface area contributed by atoms with Crippen LogP contribution in [0.25, 0.3) is 6.08 Å². The standard InChI is InChI=1S/C21H23N3O2S/c25-20(11-8-17-4-2-1-3-5-17)23-21(27)22-19-9-6-18(7-10-19)16-24-12-14-26-15-13-24/h1-11H,12-16H2,(H2,22,23,25,27)/p+1/b11-8+. The van der Waals surface area contributed by atoms with Gasteiger partial charge in [0.15, 0.2) is 5.11 Å². The summed E-state index contributed by atoms with van der Waals surface area (Å²) >= 11 is 5.21. The van der Waals surface area contributed by atoms with E-state index in [9.17, 15) is 4.79 Å². The van der Waals surface area contributed by atoms with Gasteiger partial charge in [0.2, 0.25) is 5.91 Å². The van der Waals surface area contributed by atoms with Crippen molar-refractivity contribution in [2.24, 2.45) is 0 Å². The van der Waals surface area contributed by atoms with Crippen molar-refractivity contribution >= 4 is 35.0 Å². The van der Waals surface area contributed by atoms with Crippen molar-refractivity contribution < 1.29 is 14.4 Å². The predicted octanol–water partition coefficient (Wildman–Crippen LogP) is 1.63. The summed E-state index contributed by atoms with van der Waals surface area (Å²) in [5, 5.41) is 5.98. The zero-order valence-electron chi connectivity index (χ0n) is 15.1. The number of ether oxygens (including phenoxy) is 1. The number of carbonyl (C=O) groups excluding carboxylic acids is 1. The van der Waals surface area contributed by atoms with Crippen molar-refractivity contribution in [2.75, 3.05) is 31.6 Å². The third kappa shape index (κ3) is 6.60. The highest BCUT2D eigenvalue weighted by molar-refractivity contribution is 7.80. The molecule has 2 aromatic rings.